The topological polar surface area (TPSA) is 94.1 Å². The lowest BCUT2D eigenvalue weighted by Crippen LogP contribution is -2.51. The maximum absolute atomic E-state index is 13.2. The minimum Gasteiger partial charge on any atom is -0.394 e. The Labute approximate surface area is 175 Å². The van der Waals surface area contributed by atoms with Crippen molar-refractivity contribution in [3.05, 3.63) is 54.5 Å². The van der Waals surface area contributed by atoms with Crippen molar-refractivity contribution in [2.45, 2.75) is 31.7 Å². The third kappa shape index (κ3) is 3.54. The number of piperidine rings is 1. The fourth-order valence-electron chi connectivity index (χ4n) is 4.89. The average molecular weight is 406 g/mol. The van der Waals surface area contributed by atoms with E-state index in [9.17, 15) is 9.90 Å². The summed E-state index contributed by atoms with van der Waals surface area (Å²) in [7, 11) is 0. The van der Waals surface area contributed by atoms with Crippen LogP contribution in [0.1, 0.15) is 24.8 Å². The Morgan fingerprint density at radius 1 is 1.27 bits per heavy atom. The van der Waals surface area contributed by atoms with Crippen LogP contribution in [-0.4, -0.2) is 51.7 Å². The second-order valence-corrected chi connectivity index (χ2v) is 8.64. The van der Waals surface area contributed by atoms with Crippen LogP contribution < -0.4 is 10.2 Å². The summed E-state index contributed by atoms with van der Waals surface area (Å²) in [5.41, 5.74) is 1.98. The van der Waals surface area contributed by atoms with Crippen LogP contribution >= 0.6 is 0 Å². The Morgan fingerprint density at radius 3 is 2.87 bits per heavy atom. The zero-order valence-electron chi connectivity index (χ0n) is 16.9. The Morgan fingerprint density at radius 2 is 2.10 bits per heavy atom. The molecule has 2 aromatic heterocycles. The molecule has 7 nitrogen and oxygen atoms in total. The molecule has 1 aliphatic heterocycles. The van der Waals surface area contributed by atoms with Crippen LogP contribution in [0.2, 0.25) is 0 Å². The number of carbonyl (C=O) groups is 1. The maximum Gasteiger partial charge on any atom is 0.224 e. The molecular formula is C23H27N5O2. The number of benzene rings is 1. The van der Waals surface area contributed by atoms with E-state index in [1.165, 1.54) is 0 Å². The summed E-state index contributed by atoms with van der Waals surface area (Å²) in [4.78, 5) is 27.4. The predicted molar refractivity (Wildman–Crippen MR) is 115 cm³/mol. The van der Waals surface area contributed by atoms with Crippen LogP contribution in [-0.2, 0) is 11.2 Å². The van der Waals surface area contributed by atoms with E-state index in [-0.39, 0.29) is 29.9 Å². The summed E-state index contributed by atoms with van der Waals surface area (Å²) >= 11 is 0. The molecule has 1 saturated carbocycles. The highest BCUT2D eigenvalue weighted by atomic mass is 16.3. The molecule has 0 bridgehead atoms. The fourth-order valence-corrected chi connectivity index (χ4v) is 4.89. The van der Waals surface area contributed by atoms with Gasteiger partial charge in [0.25, 0.3) is 0 Å². The van der Waals surface area contributed by atoms with E-state index in [2.05, 4.69) is 25.2 Å². The number of nitrogens with zero attached hydrogens (tertiary/aromatic N) is 3. The minimum absolute atomic E-state index is 0.0119. The number of H-pyrrole nitrogens is 1. The molecule has 1 spiro atoms. The average Bonchev–Trinajstić information content (AvgIpc) is 3.35. The van der Waals surface area contributed by atoms with E-state index in [0.29, 0.717) is 6.42 Å². The van der Waals surface area contributed by atoms with Gasteiger partial charge in [-0.25, -0.2) is 9.97 Å². The van der Waals surface area contributed by atoms with Crippen molar-refractivity contribution < 1.29 is 9.90 Å². The number of fused-ring (bicyclic) bond motifs is 1. The van der Waals surface area contributed by atoms with Crippen LogP contribution in [0.25, 0.3) is 11.0 Å². The number of aromatic nitrogens is 3. The van der Waals surface area contributed by atoms with Gasteiger partial charge in [-0.2, -0.15) is 0 Å². The van der Waals surface area contributed by atoms with E-state index in [1.54, 1.807) is 6.33 Å². The Kier molecular flexibility index (Phi) is 4.90. The van der Waals surface area contributed by atoms with Crippen molar-refractivity contribution >= 4 is 22.8 Å². The normalized spacial score (nSPS) is 21.0. The van der Waals surface area contributed by atoms with Crippen LogP contribution in [0.4, 0.5) is 5.82 Å². The monoisotopic (exact) mass is 405 g/mol. The number of hydrogen-bond donors (Lipinski definition) is 3. The van der Waals surface area contributed by atoms with Gasteiger partial charge in [-0.1, -0.05) is 30.3 Å². The molecule has 0 radical (unpaired) electrons. The first-order valence-corrected chi connectivity index (χ1v) is 10.7. The number of aliphatic hydroxyl groups is 1. The number of hydrogen-bond acceptors (Lipinski definition) is 5. The molecule has 7 heteroatoms. The molecule has 5 rings (SSSR count). The lowest BCUT2D eigenvalue weighted by atomic mass is 9.81. The van der Waals surface area contributed by atoms with Crippen LogP contribution in [0.15, 0.2) is 48.9 Å². The Balaban J connectivity index is 1.28. The highest BCUT2D eigenvalue weighted by Gasteiger charge is 2.55. The molecule has 1 aliphatic carbocycles. The highest BCUT2D eigenvalue weighted by Crippen LogP contribution is 2.56. The van der Waals surface area contributed by atoms with Gasteiger partial charge >= 0.3 is 0 Å². The largest absolute Gasteiger partial charge is 0.394 e. The summed E-state index contributed by atoms with van der Waals surface area (Å²) in [6, 6.07) is 11.7. The van der Waals surface area contributed by atoms with Crippen molar-refractivity contribution in [2.75, 3.05) is 24.6 Å². The predicted octanol–water partition coefficient (Wildman–Crippen LogP) is 2.28. The van der Waals surface area contributed by atoms with Crippen LogP contribution in [0.5, 0.6) is 0 Å². The lowest BCUT2D eigenvalue weighted by Gasteiger charge is -2.39. The first-order chi connectivity index (χ1) is 14.7. The number of nitrogens with one attached hydrogen (secondary N) is 2. The molecule has 2 fully saturated rings. The Hall–Kier alpha value is -2.93. The molecule has 1 amide bonds. The summed E-state index contributed by atoms with van der Waals surface area (Å²) < 4.78 is 0. The van der Waals surface area contributed by atoms with Gasteiger partial charge in [0.1, 0.15) is 17.8 Å². The molecule has 3 aromatic rings. The molecular weight excluding hydrogens is 378 g/mol. The third-order valence-electron chi connectivity index (χ3n) is 6.67. The summed E-state index contributed by atoms with van der Waals surface area (Å²) in [6.45, 7) is 1.57. The number of carbonyl (C=O) groups excluding carboxylic acids is 1. The van der Waals surface area contributed by atoms with Gasteiger partial charge in [0.2, 0.25) is 5.91 Å². The number of aliphatic hydroxyl groups excluding tert-OH is 1. The molecule has 156 valence electrons. The van der Waals surface area contributed by atoms with Gasteiger partial charge in [0.15, 0.2) is 0 Å². The molecule has 1 aromatic carbocycles. The summed E-state index contributed by atoms with van der Waals surface area (Å²) in [5.74, 6) is 1.02. The summed E-state index contributed by atoms with van der Waals surface area (Å²) in [5, 5.41) is 14.0. The molecule has 1 unspecified atom stereocenters. The number of amides is 1. The number of aromatic amines is 1. The lowest BCUT2D eigenvalue weighted by molar-refractivity contribution is -0.128. The SMILES string of the molecule is O=C(N[C@@H](CO)Cc1ccccc1)C1CCN(c2ncnc3[nH]ccc23)CC12CC2. The molecule has 2 aliphatic rings. The third-order valence-corrected chi connectivity index (χ3v) is 6.67. The van der Waals surface area contributed by atoms with E-state index in [0.717, 1.165) is 54.8 Å². The van der Waals surface area contributed by atoms with Gasteiger partial charge in [-0.15, -0.1) is 0 Å². The fraction of sp³-hybridized carbons (Fsp3) is 0.435. The van der Waals surface area contributed by atoms with Crippen molar-refractivity contribution in [2.24, 2.45) is 11.3 Å². The van der Waals surface area contributed by atoms with Gasteiger partial charge < -0.3 is 20.3 Å². The number of anilines is 1. The first-order valence-electron chi connectivity index (χ1n) is 10.7. The Bertz CT molecular complexity index is 1030. The van der Waals surface area contributed by atoms with E-state index >= 15 is 0 Å². The van der Waals surface area contributed by atoms with Gasteiger partial charge in [0, 0.05) is 25.2 Å². The quantitative estimate of drug-likeness (QED) is 0.585. The van der Waals surface area contributed by atoms with Gasteiger partial charge in [0.05, 0.1) is 18.0 Å². The van der Waals surface area contributed by atoms with Gasteiger partial charge in [-0.3, -0.25) is 4.79 Å². The zero-order chi connectivity index (χ0) is 20.6. The summed E-state index contributed by atoms with van der Waals surface area (Å²) in [6.07, 6.45) is 7.04. The smallest absolute Gasteiger partial charge is 0.224 e. The second-order valence-electron chi connectivity index (χ2n) is 8.64. The standard InChI is InChI=1S/C23H27N5O2/c29-13-17(12-16-4-2-1-3-5-16)27-22(30)19-7-11-28(14-23(19)8-9-23)21-18-6-10-24-20(18)25-15-26-21/h1-6,10,15,17,19,29H,7-9,11-14H2,(H,27,30)(H,24,25,26)/t17-,19?/m1/s1. The van der Waals surface area contributed by atoms with Crippen molar-refractivity contribution in [3.63, 3.8) is 0 Å². The minimum atomic E-state index is -0.255. The number of rotatable bonds is 6. The van der Waals surface area contributed by atoms with E-state index < -0.39 is 0 Å². The van der Waals surface area contributed by atoms with Crippen molar-refractivity contribution in [1.82, 2.24) is 20.3 Å². The molecule has 2 atom stereocenters. The van der Waals surface area contributed by atoms with Crippen LogP contribution in [0.3, 0.4) is 0 Å². The van der Waals surface area contributed by atoms with Crippen molar-refractivity contribution in [1.29, 1.82) is 0 Å². The maximum atomic E-state index is 13.2. The second kappa shape index (κ2) is 7.72. The molecule has 3 N–H and O–H groups in total. The van der Waals surface area contributed by atoms with Crippen molar-refractivity contribution in [3.8, 4) is 0 Å². The highest BCUT2D eigenvalue weighted by molar-refractivity contribution is 5.87. The molecule has 1 saturated heterocycles. The van der Waals surface area contributed by atoms with Gasteiger partial charge in [-0.05, 0) is 42.7 Å². The van der Waals surface area contributed by atoms with Crippen LogP contribution in [0, 0.1) is 11.3 Å². The van der Waals surface area contributed by atoms with E-state index in [4.69, 9.17) is 0 Å². The zero-order valence-corrected chi connectivity index (χ0v) is 16.9. The molecule has 30 heavy (non-hydrogen) atoms. The van der Waals surface area contributed by atoms with E-state index in [1.807, 2.05) is 42.6 Å². The first kappa shape index (κ1) is 19.1. The molecule has 3 heterocycles.